The first-order chi connectivity index (χ1) is 13.7. The van der Waals surface area contributed by atoms with Gasteiger partial charge in [0.15, 0.2) is 0 Å². The maximum Gasteiger partial charge on any atom is 0.223 e. The summed E-state index contributed by atoms with van der Waals surface area (Å²) in [6, 6.07) is 5.54. The van der Waals surface area contributed by atoms with Crippen LogP contribution in [0.5, 0.6) is 11.5 Å². The minimum absolute atomic E-state index is 0.00616. The lowest BCUT2D eigenvalue weighted by atomic mass is 9.85. The van der Waals surface area contributed by atoms with Crippen LogP contribution >= 0.6 is 11.3 Å². The van der Waals surface area contributed by atoms with Crippen LogP contribution in [-0.2, 0) is 14.6 Å². The third-order valence-corrected chi connectivity index (χ3v) is 8.67. The highest BCUT2D eigenvalue weighted by molar-refractivity contribution is 7.93. The molecule has 1 amide bonds. The summed E-state index contributed by atoms with van der Waals surface area (Å²) in [5.74, 6) is 0.513. The molecule has 29 heavy (non-hydrogen) atoms. The van der Waals surface area contributed by atoms with Crippen molar-refractivity contribution in [2.24, 2.45) is 0 Å². The number of carbonyl (C=O) groups is 1. The lowest BCUT2D eigenvalue weighted by molar-refractivity contribution is -0.139. The normalized spacial score (nSPS) is 23.6. The fourth-order valence-electron chi connectivity index (χ4n) is 3.97. The number of aliphatic hydroxyl groups excluding tert-OH is 1. The van der Waals surface area contributed by atoms with Gasteiger partial charge in [-0.05, 0) is 37.8 Å². The second-order valence-corrected chi connectivity index (χ2v) is 10.9. The van der Waals surface area contributed by atoms with Crippen LogP contribution in [0.2, 0.25) is 0 Å². The Balaban J connectivity index is 1.93. The largest absolute Gasteiger partial charge is 0.495 e. The second-order valence-electron chi connectivity index (χ2n) is 7.76. The molecule has 0 aliphatic carbocycles. The lowest BCUT2D eigenvalue weighted by Gasteiger charge is -2.45. The monoisotopic (exact) mass is 437 g/mol. The van der Waals surface area contributed by atoms with Gasteiger partial charge >= 0.3 is 0 Å². The van der Waals surface area contributed by atoms with Crippen molar-refractivity contribution < 1.29 is 27.8 Å². The topological polar surface area (TPSA) is 93.1 Å². The first kappa shape index (κ1) is 20.2. The maximum atomic E-state index is 13.2. The van der Waals surface area contributed by atoms with E-state index in [9.17, 15) is 18.3 Å². The van der Waals surface area contributed by atoms with Crippen molar-refractivity contribution in [3.05, 3.63) is 35.2 Å². The van der Waals surface area contributed by atoms with Crippen LogP contribution in [0.15, 0.2) is 38.8 Å². The molecule has 7 nitrogen and oxygen atoms in total. The Kier molecular flexibility index (Phi) is 4.87. The van der Waals surface area contributed by atoms with Crippen molar-refractivity contribution in [2.45, 2.75) is 53.5 Å². The molecule has 0 spiro atoms. The maximum absolute atomic E-state index is 13.2. The van der Waals surface area contributed by atoms with Crippen LogP contribution in [0.4, 0.5) is 0 Å². The summed E-state index contributed by atoms with van der Waals surface area (Å²) in [6.07, 6.45) is 0.105. The molecule has 0 saturated carbocycles. The molecular weight excluding hydrogens is 414 g/mol. The molecule has 3 heterocycles. The van der Waals surface area contributed by atoms with E-state index in [2.05, 4.69) is 0 Å². The van der Waals surface area contributed by atoms with E-state index in [4.69, 9.17) is 9.47 Å². The number of aliphatic hydroxyl groups is 1. The summed E-state index contributed by atoms with van der Waals surface area (Å²) < 4.78 is 38.0. The number of nitrogens with zero attached hydrogens (tertiary/aromatic N) is 1. The Labute approximate surface area is 173 Å². The molecule has 2 atom stereocenters. The molecule has 1 fully saturated rings. The Morgan fingerprint density at radius 3 is 2.69 bits per heavy atom. The van der Waals surface area contributed by atoms with Crippen molar-refractivity contribution in [3.63, 3.8) is 0 Å². The molecule has 0 unspecified atom stereocenters. The Hall–Kier alpha value is -2.10. The lowest BCUT2D eigenvalue weighted by Crippen LogP contribution is -2.53. The summed E-state index contributed by atoms with van der Waals surface area (Å²) in [5, 5.41) is 12.7. The fraction of sp³-hybridized carbons (Fsp3) is 0.450. The van der Waals surface area contributed by atoms with E-state index in [0.29, 0.717) is 30.7 Å². The second kappa shape index (κ2) is 7.00. The van der Waals surface area contributed by atoms with Gasteiger partial charge in [-0.2, -0.15) is 0 Å². The molecule has 1 aromatic carbocycles. The summed E-state index contributed by atoms with van der Waals surface area (Å²) in [5.41, 5.74) is -0.484. The number of thiophene rings is 1. The van der Waals surface area contributed by atoms with Crippen molar-refractivity contribution in [2.75, 3.05) is 13.7 Å². The molecule has 1 saturated heterocycles. The predicted octanol–water partition coefficient (Wildman–Crippen LogP) is 2.78. The predicted molar refractivity (Wildman–Crippen MR) is 107 cm³/mol. The van der Waals surface area contributed by atoms with Gasteiger partial charge in [0.05, 0.1) is 13.2 Å². The van der Waals surface area contributed by atoms with Gasteiger partial charge in [-0.3, -0.25) is 4.79 Å². The highest BCUT2D eigenvalue weighted by Crippen LogP contribution is 2.48. The van der Waals surface area contributed by atoms with Gasteiger partial charge in [0, 0.05) is 24.6 Å². The zero-order valence-electron chi connectivity index (χ0n) is 16.4. The van der Waals surface area contributed by atoms with Gasteiger partial charge in [-0.25, -0.2) is 8.42 Å². The van der Waals surface area contributed by atoms with Crippen molar-refractivity contribution in [1.82, 2.24) is 4.90 Å². The Bertz CT molecular complexity index is 1050. The van der Waals surface area contributed by atoms with Gasteiger partial charge in [0.2, 0.25) is 15.7 Å². The van der Waals surface area contributed by atoms with Gasteiger partial charge < -0.3 is 19.5 Å². The molecule has 4 rings (SSSR count). The summed E-state index contributed by atoms with van der Waals surface area (Å²) in [6.45, 7) is 4.00. The van der Waals surface area contributed by atoms with E-state index < -0.39 is 27.6 Å². The van der Waals surface area contributed by atoms with Crippen LogP contribution in [0.1, 0.15) is 38.3 Å². The standard InChI is InChI=1S/C20H23NO6S2/c1-20(2)19(23)18(21-8-4-6-16(21)22)12-10-15(14(26-3)11-13(12)27-20)29(24,25)17-7-5-9-28-17/h5,7,9-11,18-19,23H,4,6,8H2,1-3H3/t18-,19+/m0/s1. The van der Waals surface area contributed by atoms with Crippen LogP contribution in [0, 0.1) is 0 Å². The van der Waals surface area contributed by atoms with Gasteiger partial charge in [0.25, 0.3) is 0 Å². The molecule has 9 heteroatoms. The number of rotatable bonds is 4. The third-order valence-electron chi connectivity index (χ3n) is 5.49. The third kappa shape index (κ3) is 3.21. The Morgan fingerprint density at radius 2 is 2.10 bits per heavy atom. The smallest absolute Gasteiger partial charge is 0.223 e. The molecule has 156 valence electrons. The van der Waals surface area contributed by atoms with Crippen LogP contribution in [-0.4, -0.2) is 49.7 Å². The minimum atomic E-state index is -3.83. The number of hydrogen-bond acceptors (Lipinski definition) is 7. The zero-order valence-corrected chi connectivity index (χ0v) is 18.0. The van der Waals surface area contributed by atoms with Crippen molar-refractivity contribution >= 4 is 27.1 Å². The number of ether oxygens (including phenoxy) is 2. The first-order valence-corrected chi connectivity index (χ1v) is 11.7. The van der Waals surface area contributed by atoms with Crippen molar-refractivity contribution in [3.8, 4) is 11.5 Å². The number of fused-ring (bicyclic) bond motifs is 1. The van der Waals surface area contributed by atoms with E-state index >= 15 is 0 Å². The summed E-state index contributed by atoms with van der Waals surface area (Å²) >= 11 is 1.12. The SMILES string of the molecule is COc1cc2c(cc1S(=O)(=O)c1cccs1)[C@H](N1CCCC1=O)[C@@H](O)C(C)(C)O2. The van der Waals surface area contributed by atoms with Gasteiger partial charge in [-0.15, -0.1) is 11.3 Å². The number of methoxy groups -OCH3 is 1. The molecule has 0 radical (unpaired) electrons. The Morgan fingerprint density at radius 1 is 1.34 bits per heavy atom. The molecule has 0 bridgehead atoms. The number of amides is 1. The minimum Gasteiger partial charge on any atom is -0.495 e. The molecule has 2 aromatic rings. The van der Waals surface area contributed by atoms with Gasteiger partial charge in [-0.1, -0.05) is 6.07 Å². The first-order valence-electron chi connectivity index (χ1n) is 9.34. The molecular formula is C20H23NO6S2. The van der Waals surface area contributed by atoms with E-state index in [1.807, 2.05) is 0 Å². The van der Waals surface area contributed by atoms with Gasteiger partial charge in [0.1, 0.15) is 32.3 Å². The van der Waals surface area contributed by atoms with E-state index in [1.54, 1.807) is 30.2 Å². The molecule has 2 aliphatic heterocycles. The zero-order chi connectivity index (χ0) is 21.0. The average Bonchev–Trinajstić information content (AvgIpc) is 3.34. The average molecular weight is 438 g/mol. The molecule has 1 N–H and O–H groups in total. The fourth-order valence-corrected chi connectivity index (χ4v) is 6.52. The number of carbonyl (C=O) groups excluding carboxylic acids is 1. The van der Waals surface area contributed by atoms with Crippen molar-refractivity contribution in [1.29, 1.82) is 0 Å². The van der Waals surface area contributed by atoms with E-state index in [0.717, 1.165) is 11.3 Å². The summed E-state index contributed by atoms with van der Waals surface area (Å²) in [7, 11) is -2.42. The number of hydrogen-bond donors (Lipinski definition) is 1. The summed E-state index contributed by atoms with van der Waals surface area (Å²) in [4.78, 5) is 14.1. The molecule has 1 aromatic heterocycles. The quantitative estimate of drug-likeness (QED) is 0.791. The number of likely N-dealkylation sites (tertiary alicyclic amines) is 1. The highest BCUT2D eigenvalue weighted by atomic mass is 32.2. The van der Waals surface area contributed by atoms with Crippen LogP contribution < -0.4 is 9.47 Å². The number of sulfone groups is 1. The van der Waals surface area contributed by atoms with E-state index in [1.165, 1.54) is 25.3 Å². The molecule has 2 aliphatic rings. The highest BCUT2D eigenvalue weighted by Gasteiger charge is 2.48. The van der Waals surface area contributed by atoms with Crippen LogP contribution in [0.3, 0.4) is 0 Å². The van der Waals surface area contributed by atoms with Crippen LogP contribution in [0.25, 0.3) is 0 Å². The number of benzene rings is 1. The van der Waals surface area contributed by atoms with E-state index in [-0.39, 0.29) is 20.8 Å².